The average molecular weight is 264 g/mol. The zero-order chi connectivity index (χ0) is 14.1. The van der Waals surface area contributed by atoms with Crippen molar-refractivity contribution in [3.05, 3.63) is 0 Å². The monoisotopic (exact) mass is 264 g/mol. The summed E-state index contributed by atoms with van der Waals surface area (Å²) in [6.07, 6.45) is 5.51. The summed E-state index contributed by atoms with van der Waals surface area (Å²) in [5.74, 6) is 1.96. The molecule has 5 atom stereocenters. The van der Waals surface area contributed by atoms with Crippen LogP contribution in [0.25, 0.3) is 0 Å². The van der Waals surface area contributed by atoms with Crippen LogP contribution in [0, 0.1) is 28.6 Å². The minimum atomic E-state index is -0.185. The van der Waals surface area contributed by atoms with Gasteiger partial charge >= 0.3 is 5.97 Å². The molecule has 108 valence electrons. The molecule has 3 fully saturated rings. The van der Waals surface area contributed by atoms with Gasteiger partial charge in [-0.1, -0.05) is 27.7 Å². The molecular weight excluding hydrogens is 236 g/mol. The van der Waals surface area contributed by atoms with Gasteiger partial charge in [-0.05, 0) is 55.3 Å². The summed E-state index contributed by atoms with van der Waals surface area (Å²) < 4.78 is 5.73. The van der Waals surface area contributed by atoms with E-state index in [1.165, 1.54) is 19.3 Å². The molecule has 0 aromatic carbocycles. The van der Waals surface area contributed by atoms with E-state index in [1.54, 1.807) is 0 Å². The summed E-state index contributed by atoms with van der Waals surface area (Å²) in [5.41, 5.74) is 0.495. The van der Waals surface area contributed by atoms with Crippen LogP contribution < -0.4 is 0 Å². The Labute approximate surface area is 117 Å². The highest BCUT2D eigenvalue weighted by molar-refractivity contribution is 5.73. The highest BCUT2D eigenvalue weighted by Gasteiger charge is 2.63. The largest absolute Gasteiger partial charge is 0.459 e. The molecular formula is C17H28O2. The Kier molecular flexibility index (Phi) is 2.67. The molecule has 1 heterocycles. The molecule has 0 spiro atoms. The smallest absolute Gasteiger partial charge is 0.306 e. The second-order valence-electron chi connectivity index (χ2n) is 8.64. The number of esters is 1. The molecule has 0 radical (unpaired) electrons. The maximum atomic E-state index is 11.9. The number of hydrogen-bond donors (Lipinski definition) is 0. The van der Waals surface area contributed by atoms with Crippen LogP contribution in [0.15, 0.2) is 0 Å². The third-order valence-electron chi connectivity index (χ3n) is 6.58. The lowest BCUT2D eigenvalue weighted by Crippen LogP contribution is -2.57. The molecule has 0 aromatic rings. The third-order valence-corrected chi connectivity index (χ3v) is 6.58. The summed E-state index contributed by atoms with van der Waals surface area (Å²) in [6.45, 7) is 11.9. The van der Waals surface area contributed by atoms with Gasteiger partial charge in [-0.15, -0.1) is 0 Å². The van der Waals surface area contributed by atoms with Gasteiger partial charge in [0.05, 0.1) is 6.42 Å². The van der Waals surface area contributed by atoms with Crippen LogP contribution >= 0.6 is 0 Å². The van der Waals surface area contributed by atoms with Crippen molar-refractivity contribution in [1.82, 2.24) is 0 Å². The van der Waals surface area contributed by atoms with E-state index in [0.717, 1.165) is 18.3 Å². The fourth-order valence-electron chi connectivity index (χ4n) is 6.35. The van der Waals surface area contributed by atoms with Crippen LogP contribution in [0.5, 0.6) is 0 Å². The Hall–Kier alpha value is -0.530. The molecule has 1 saturated heterocycles. The molecule has 0 bridgehead atoms. The molecule has 0 amide bonds. The molecule has 2 heteroatoms. The van der Waals surface area contributed by atoms with Gasteiger partial charge in [0.15, 0.2) is 0 Å². The maximum absolute atomic E-state index is 11.9. The van der Waals surface area contributed by atoms with E-state index in [2.05, 4.69) is 34.6 Å². The Morgan fingerprint density at radius 1 is 1.11 bits per heavy atom. The van der Waals surface area contributed by atoms with Gasteiger partial charge in [0.2, 0.25) is 0 Å². The summed E-state index contributed by atoms with van der Waals surface area (Å²) in [6, 6.07) is 0. The number of fused-ring (bicyclic) bond motifs is 3. The van der Waals surface area contributed by atoms with Crippen molar-refractivity contribution in [3.8, 4) is 0 Å². The van der Waals surface area contributed by atoms with E-state index in [9.17, 15) is 4.79 Å². The first-order valence-electron chi connectivity index (χ1n) is 7.89. The molecule has 0 N–H and O–H groups in total. The van der Waals surface area contributed by atoms with E-state index in [0.29, 0.717) is 17.8 Å². The van der Waals surface area contributed by atoms with Gasteiger partial charge in [0.1, 0.15) is 5.60 Å². The molecule has 4 unspecified atom stereocenters. The van der Waals surface area contributed by atoms with E-state index >= 15 is 0 Å². The Morgan fingerprint density at radius 3 is 2.47 bits per heavy atom. The normalized spacial score (nSPS) is 52.3. The minimum absolute atomic E-state index is 0.0328. The lowest BCUT2D eigenvalue weighted by molar-refractivity contribution is -0.169. The second kappa shape index (κ2) is 3.77. The zero-order valence-electron chi connectivity index (χ0n) is 13.1. The quantitative estimate of drug-likeness (QED) is 0.613. The van der Waals surface area contributed by atoms with Crippen LogP contribution in [-0.4, -0.2) is 11.6 Å². The highest BCUT2D eigenvalue weighted by atomic mass is 16.6. The van der Waals surface area contributed by atoms with Gasteiger partial charge < -0.3 is 4.74 Å². The molecule has 19 heavy (non-hydrogen) atoms. The fraction of sp³-hybridized carbons (Fsp3) is 0.941. The Morgan fingerprint density at radius 2 is 1.79 bits per heavy atom. The van der Waals surface area contributed by atoms with Crippen molar-refractivity contribution >= 4 is 5.97 Å². The van der Waals surface area contributed by atoms with Crippen LogP contribution in [-0.2, 0) is 9.53 Å². The zero-order valence-corrected chi connectivity index (χ0v) is 13.1. The molecule has 3 aliphatic rings. The molecule has 2 saturated carbocycles. The summed E-state index contributed by atoms with van der Waals surface area (Å²) >= 11 is 0. The van der Waals surface area contributed by atoms with E-state index < -0.39 is 0 Å². The van der Waals surface area contributed by atoms with Gasteiger partial charge in [-0.2, -0.15) is 0 Å². The first-order chi connectivity index (χ1) is 8.67. The number of carbonyl (C=O) groups excluding carboxylic acids is 1. The molecule has 3 rings (SSSR count). The van der Waals surface area contributed by atoms with Gasteiger partial charge in [0, 0.05) is 5.92 Å². The number of rotatable bonds is 0. The summed E-state index contributed by atoms with van der Waals surface area (Å²) in [7, 11) is 0. The topological polar surface area (TPSA) is 26.3 Å². The van der Waals surface area contributed by atoms with Crippen molar-refractivity contribution < 1.29 is 9.53 Å². The average Bonchev–Trinajstić information content (AvgIpc) is 2.51. The SMILES string of the molecule is C[C@@H]1CC(C)(C)C2CCC3(C)OC(=O)CC3C2(C)C1. The van der Waals surface area contributed by atoms with Crippen LogP contribution in [0.4, 0.5) is 0 Å². The minimum Gasteiger partial charge on any atom is -0.459 e. The number of ether oxygens (including phenoxy) is 1. The van der Waals surface area contributed by atoms with E-state index in [1.807, 2.05) is 0 Å². The van der Waals surface area contributed by atoms with Gasteiger partial charge in [-0.25, -0.2) is 0 Å². The third kappa shape index (κ3) is 1.78. The Balaban J connectivity index is 2.02. The standard InChI is InChI=1S/C17H28O2/c1-11-9-15(2,3)12-6-7-17(5)13(8-14(18)19-17)16(12,4)10-11/h11-13H,6-10H2,1-5H3/t11-,12?,13?,16?,17?/m1/s1. The number of hydrogen-bond acceptors (Lipinski definition) is 2. The summed E-state index contributed by atoms with van der Waals surface area (Å²) in [4.78, 5) is 11.9. The van der Waals surface area contributed by atoms with Crippen molar-refractivity contribution in [2.24, 2.45) is 28.6 Å². The number of carbonyl (C=O) groups is 1. The molecule has 2 nitrogen and oxygen atoms in total. The van der Waals surface area contributed by atoms with Crippen molar-refractivity contribution in [2.75, 3.05) is 0 Å². The van der Waals surface area contributed by atoms with Crippen molar-refractivity contribution in [2.45, 2.75) is 72.3 Å². The lowest BCUT2D eigenvalue weighted by Gasteiger charge is -2.61. The lowest BCUT2D eigenvalue weighted by atomic mass is 9.44. The second-order valence-corrected chi connectivity index (χ2v) is 8.64. The Bertz CT molecular complexity index is 413. The predicted octanol–water partition coefficient (Wildman–Crippen LogP) is 4.18. The molecule has 0 aromatic heterocycles. The molecule has 1 aliphatic heterocycles. The van der Waals surface area contributed by atoms with Gasteiger partial charge in [0.25, 0.3) is 0 Å². The predicted molar refractivity (Wildman–Crippen MR) is 75.6 cm³/mol. The van der Waals surface area contributed by atoms with Crippen molar-refractivity contribution in [3.63, 3.8) is 0 Å². The highest BCUT2D eigenvalue weighted by Crippen LogP contribution is 2.65. The first-order valence-corrected chi connectivity index (χ1v) is 7.89. The van der Waals surface area contributed by atoms with Crippen molar-refractivity contribution in [1.29, 1.82) is 0 Å². The summed E-state index contributed by atoms with van der Waals surface area (Å²) in [5, 5.41) is 0. The van der Waals surface area contributed by atoms with E-state index in [4.69, 9.17) is 4.74 Å². The van der Waals surface area contributed by atoms with Crippen LogP contribution in [0.3, 0.4) is 0 Å². The molecule has 2 aliphatic carbocycles. The van der Waals surface area contributed by atoms with E-state index in [-0.39, 0.29) is 17.0 Å². The first kappa shape index (κ1) is 13.5. The maximum Gasteiger partial charge on any atom is 0.306 e. The van der Waals surface area contributed by atoms with Crippen LogP contribution in [0.1, 0.15) is 66.7 Å². The fourth-order valence-corrected chi connectivity index (χ4v) is 6.35. The van der Waals surface area contributed by atoms with Gasteiger partial charge in [-0.3, -0.25) is 4.79 Å². The van der Waals surface area contributed by atoms with Crippen LogP contribution in [0.2, 0.25) is 0 Å².